The Labute approximate surface area is 150 Å². The summed E-state index contributed by atoms with van der Waals surface area (Å²) in [5, 5.41) is 2.81. The van der Waals surface area contributed by atoms with Crippen LogP contribution in [0.3, 0.4) is 0 Å². The highest BCUT2D eigenvalue weighted by atomic mass is 35.5. The van der Waals surface area contributed by atoms with Crippen LogP contribution in [0.25, 0.3) is 0 Å². The second kappa shape index (κ2) is 6.61. The van der Waals surface area contributed by atoms with E-state index in [9.17, 15) is 9.59 Å². The second-order valence-corrected chi connectivity index (χ2v) is 6.21. The Morgan fingerprint density at radius 2 is 1.56 bits per heavy atom. The standard InChI is InChI=1S/C19H17ClN2O3/c1-11-8-12(2)10-14(9-11)22-18(23)16(20)17(19(22)24)21-13-4-6-15(25-3)7-5-13/h4-10,21H,1-3H3. The van der Waals surface area contributed by atoms with Crippen molar-refractivity contribution in [2.75, 3.05) is 17.3 Å². The molecule has 0 aliphatic carbocycles. The Balaban J connectivity index is 1.90. The fourth-order valence-corrected chi connectivity index (χ4v) is 2.96. The van der Waals surface area contributed by atoms with Crippen LogP contribution < -0.4 is 15.0 Å². The fourth-order valence-electron chi connectivity index (χ4n) is 2.74. The number of nitrogens with zero attached hydrogens (tertiary/aromatic N) is 1. The lowest BCUT2D eigenvalue weighted by atomic mass is 10.1. The number of rotatable bonds is 4. The van der Waals surface area contributed by atoms with Crippen molar-refractivity contribution >= 4 is 34.8 Å². The summed E-state index contributed by atoms with van der Waals surface area (Å²) in [4.78, 5) is 26.3. The van der Waals surface area contributed by atoms with Gasteiger partial charge in [-0.05, 0) is 61.4 Å². The molecule has 25 heavy (non-hydrogen) atoms. The highest BCUT2D eigenvalue weighted by molar-refractivity contribution is 6.53. The molecule has 2 aromatic carbocycles. The normalized spacial score (nSPS) is 14.3. The summed E-state index contributed by atoms with van der Waals surface area (Å²) in [5.41, 5.74) is 3.14. The number of carbonyl (C=O) groups is 2. The number of amides is 2. The Morgan fingerprint density at radius 3 is 2.12 bits per heavy atom. The van der Waals surface area contributed by atoms with Gasteiger partial charge in [-0.3, -0.25) is 9.59 Å². The van der Waals surface area contributed by atoms with E-state index in [-0.39, 0.29) is 10.7 Å². The smallest absolute Gasteiger partial charge is 0.283 e. The average Bonchev–Trinajstić information content (AvgIpc) is 2.78. The molecule has 0 fully saturated rings. The molecule has 1 aliphatic heterocycles. The fraction of sp³-hybridized carbons (Fsp3) is 0.158. The summed E-state index contributed by atoms with van der Waals surface area (Å²) in [6.07, 6.45) is 0. The zero-order valence-corrected chi connectivity index (χ0v) is 14.8. The van der Waals surface area contributed by atoms with Gasteiger partial charge in [0.2, 0.25) is 0 Å². The van der Waals surface area contributed by atoms with Crippen LogP contribution in [0, 0.1) is 13.8 Å². The number of carbonyl (C=O) groups excluding carboxylic acids is 2. The minimum atomic E-state index is -0.535. The van der Waals surface area contributed by atoms with Gasteiger partial charge in [0.05, 0.1) is 12.8 Å². The van der Waals surface area contributed by atoms with E-state index in [2.05, 4.69) is 5.32 Å². The van der Waals surface area contributed by atoms with E-state index in [0.29, 0.717) is 17.1 Å². The van der Waals surface area contributed by atoms with Crippen LogP contribution in [0.4, 0.5) is 11.4 Å². The van der Waals surface area contributed by atoms with Crippen molar-refractivity contribution < 1.29 is 14.3 Å². The molecule has 3 rings (SSSR count). The van der Waals surface area contributed by atoms with Crippen LogP contribution in [0.2, 0.25) is 0 Å². The summed E-state index contributed by atoms with van der Waals surface area (Å²) in [7, 11) is 1.57. The Bertz CT molecular complexity index is 868. The number of ether oxygens (including phenoxy) is 1. The van der Waals surface area contributed by atoms with Crippen LogP contribution in [-0.4, -0.2) is 18.9 Å². The van der Waals surface area contributed by atoms with Crippen LogP contribution in [-0.2, 0) is 9.59 Å². The molecular formula is C19H17ClN2O3. The summed E-state index contributed by atoms with van der Waals surface area (Å²) >= 11 is 6.14. The molecule has 128 valence electrons. The first-order chi connectivity index (χ1) is 11.9. The summed E-state index contributed by atoms with van der Waals surface area (Å²) in [6.45, 7) is 3.82. The van der Waals surface area contributed by atoms with Crippen molar-refractivity contribution in [3.05, 3.63) is 64.3 Å². The number of aryl methyl sites for hydroxylation is 2. The molecule has 6 heteroatoms. The average molecular weight is 357 g/mol. The van der Waals surface area contributed by atoms with Gasteiger partial charge >= 0.3 is 0 Å². The first kappa shape index (κ1) is 17.0. The van der Waals surface area contributed by atoms with E-state index < -0.39 is 11.8 Å². The predicted octanol–water partition coefficient (Wildman–Crippen LogP) is 3.75. The molecule has 1 heterocycles. The van der Waals surface area contributed by atoms with Gasteiger partial charge in [-0.1, -0.05) is 17.7 Å². The van der Waals surface area contributed by atoms with Gasteiger partial charge < -0.3 is 10.1 Å². The van der Waals surface area contributed by atoms with Gasteiger partial charge in [0.1, 0.15) is 16.5 Å². The maximum Gasteiger partial charge on any atom is 0.283 e. The molecule has 0 saturated heterocycles. The first-order valence-electron chi connectivity index (χ1n) is 7.68. The molecular weight excluding hydrogens is 340 g/mol. The van der Waals surface area contributed by atoms with Gasteiger partial charge in [0.15, 0.2) is 0 Å². The number of nitrogens with one attached hydrogen (secondary N) is 1. The molecule has 0 saturated carbocycles. The van der Waals surface area contributed by atoms with Crippen molar-refractivity contribution in [3.8, 4) is 5.75 Å². The van der Waals surface area contributed by atoms with Crippen LogP contribution in [0.15, 0.2) is 53.2 Å². The number of hydrogen-bond donors (Lipinski definition) is 1. The van der Waals surface area contributed by atoms with E-state index in [0.717, 1.165) is 16.0 Å². The number of imide groups is 1. The minimum absolute atomic E-state index is 0.0657. The summed E-state index contributed by atoms with van der Waals surface area (Å²) < 4.78 is 5.10. The van der Waals surface area contributed by atoms with E-state index in [1.54, 1.807) is 43.5 Å². The largest absolute Gasteiger partial charge is 0.497 e. The van der Waals surface area contributed by atoms with Crippen LogP contribution >= 0.6 is 11.6 Å². The highest BCUT2D eigenvalue weighted by Gasteiger charge is 2.39. The predicted molar refractivity (Wildman–Crippen MR) is 97.9 cm³/mol. The molecule has 0 bridgehead atoms. The van der Waals surface area contributed by atoms with Crippen molar-refractivity contribution in [1.29, 1.82) is 0 Å². The van der Waals surface area contributed by atoms with E-state index >= 15 is 0 Å². The van der Waals surface area contributed by atoms with E-state index in [4.69, 9.17) is 16.3 Å². The zero-order valence-electron chi connectivity index (χ0n) is 14.1. The highest BCUT2D eigenvalue weighted by Crippen LogP contribution is 2.31. The molecule has 1 N–H and O–H groups in total. The van der Waals surface area contributed by atoms with Gasteiger partial charge in [-0.25, -0.2) is 4.90 Å². The lowest BCUT2D eigenvalue weighted by Crippen LogP contribution is -2.32. The maximum atomic E-state index is 12.8. The third-order valence-corrected chi connectivity index (χ3v) is 4.20. The maximum absolute atomic E-state index is 12.8. The molecule has 5 nitrogen and oxygen atoms in total. The van der Waals surface area contributed by atoms with Gasteiger partial charge in [0.25, 0.3) is 11.8 Å². The van der Waals surface area contributed by atoms with Crippen LogP contribution in [0.5, 0.6) is 5.75 Å². The van der Waals surface area contributed by atoms with Gasteiger partial charge in [-0.15, -0.1) is 0 Å². The second-order valence-electron chi connectivity index (χ2n) is 5.83. The van der Waals surface area contributed by atoms with Crippen molar-refractivity contribution in [2.24, 2.45) is 0 Å². The van der Waals surface area contributed by atoms with Crippen molar-refractivity contribution in [2.45, 2.75) is 13.8 Å². The van der Waals surface area contributed by atoms with Gasteiger partial charge in [0, 0.05) is 5.69 Å². The lowest BCUT2D eigenvalue weighted by molar-refractivity contribution is -0.120. The van der Waals surface area contributed by atoms with Crippen LogP contribution in [0.1, 0.15) is 11.1 Å². The number of benzene rings is 2. The SMILES string of the molecule is COc1ccc(NC2=C(Cl)C(=O)N(c3cc(C)cc(C)c3)C2=O)cc1. The Morgan fingerprint density at radius 1 is 0.960 bits per heavy atom. The molecule has 0 aromatic heterocycles. The molecule has 0 spiro atoms. The molecule has 0 atom stereocenters. The summed E-state index contributed by atoms with van der Waals surface area (Å²) in [5.74, 6) is -0.320. The summed E-state index contributed by atoms with van der Waals surface area (Å²) in [6, 6.07) is 12.5. The number of halogens is 1. The molecule has 0 unspecified atom stereocenters. The molecule has 1 aliphatic rings. The third kappa shape index (κ3) is 3.23. The number of anilines is 2. The lowest BCUT2D eigenvalue weighted by Gasteiger charge is -2.16. The number of methoxy groups -OCH3 is 1. The topological polar surface area (TPSA) is 58.6 Å². The zero-order chi connectivity index (χ0) is 18.1. The molecule has 2 aromatic rings. The third-order valence-electron chi connectivity index (χ3n) is 3.85. The monoisotopic (exact) mass is 356 g/mol. The van der Waals surface area contributed by atoms with Crippen molar-refractivity contribution in [3.63, 3.8) is 0 Å². The molecule has 0 radical (unpaired) electrons. The quantitative estimate of drug-likeness (QED) is 0.848. The number of hydrogen-bond acceptors (Lipinski definition) is 4. The molecule has 2 amide bonds. The van der Waals surface area contributed by atoms with E-state index in [1.165, 1.54) is 0 Å². The first-order valence-corrected chi connectivity index (χ1v) is 8.06. The van der Waals surface area contributed by atoms with E-state index in [1.807, 2.05) is 19.9 Å². The minimum Gasteiger partial charge on any atom is -0.497 e. The van der Waals surface area contributed by atoms with Gasteiger partial charge in [-0.2, -0.15) is 0 Å². The Hall–Kier alpha value is -2.79. The van der Waals surface area contributed by atoms with Crippen molar-refractivity contribution in [1.82, 2.24) is 0 Å². The Kier molecular flexibility index (Phi) is 4.51.